The van der Waals surface area contributed by atoms with Crippen LogP contribution in [0.2, 0.25) is 0 Å². The number of benzene rings is 1. The molecule has 0 fully saturated rings. The summed E-state index contributed by atoms with van der Waals surface area (Å²) in [6.07, 6.45) is 0. The highest BCUT2D eigenvalue weighted by atomic mass is 35.5. The topological polar surface area (TPSA) is 0 Å². The van der Waals surface area contributed by atoms with Crippen molar-refractivity contribution in [2.75, 3.05) is 0 Å². The summed E-state index contributed by atoms with van der Waals surface area (Å²) in [6.45, 7) is 0. The monoisotopic (exact) mass is 192 g/mol. The fourth-order valence-electron chi connectivity index (χ4n) is 0.656. The second-order valence-corrected chi connectivity index (χ2v) is 2.89. The SMILES string of the molecule is Fc1cccc(C(=S)Cl)c1F. The molecule has 0 N–H and O–H groups in total. The molecule has 0 bridgehead atoms. The molecule has 0 aliphatic heterocycles. The molecule has 0 atom stereocenters. The maximum Gasteiger partial charge on any atom is 0.168 e. The molecule has 0 heterocycles. The molecule has 0 radical (unpaired) electrons. The van der Waals surface area contributed by atoms with Crippen molar-refractivity contribution in [1.82, 2.24) is 0 Å². The van der Waals surface area contributed by atoms with Crippen LogP contribution >= 0.6 is 23.8 Å². The second kappa shape index (κ2) is 3.24. The minimum atomic E-state index is -0.993. The van der Waals surface area contributed by atoms with E-state index in [9.17, 15) is 8.78 Å². The second-order valence-electron chi connectivity index (χ2n) is 1.88. The van der Waals surface area contributed by atoms with Crippen molar-refractivity contribution in [1.29, 1.82) is 0 Å². The first kappa shape index (κ1) is 8.56. The van der Waals surface area contributed by atoms with Crippen LogP contribution in [0, 0.1) is 11.6 Å². The molecule has 4 heteroatoms. The van der Waals surface area contributed by atoms with E-state index in [1.165, 1.54) is 12.1 Å². The Morgan fingerprint density at radius 1 is 1.36 bits per heavy atom. The number of thiocarbonyl (C=S) groups is 1. The van der Waals surface area contributed by atoms with Crippen LogP contribution in [0.25, 0.3) is 0 Å². The summed E-state index contributed by atoms with van der Waals surface area (Å²) >= 11 is 9.77. The molecule has 1 rings (SSSR count). The molecule has 1 aromatic carbocycles. The Morgan fingerprint density at radius 2 is 2.00 bits per heavy atom. The van der Waals surface area contributed by atoms with Gasteiger partial charge in [-0.2, -0.15) is 0 Å². The van der Waals surface area contributed by atoms with E-state index in [4.69, 9.17) is 11.6 Å². The van der Waals surface area contributed by atoms with Gasteiger partial charge in [0.1, 0.15) is 4.32 Å². The molecule has 58 valence electrons. The lowest BCUT2D eigenvalue weighted by Gasteiger charge is -1.97. The minimum Gasteiger partial charge on any atom is -0.204 e. The molecule has 0 aliphatic rings. The summed E-state index contributed by atoms with van der Waals surface area (Å²) in [5, 5.41) is 0. The van der Waals surface area contributed by atoms with Crippen molar-refractivity contribution in [3.05, 3.63) is 35.4 Å². The van der Waals surface area contributed by atoms with Gasteiger partial charge in [-0.25, -0.2) is 8.78 Å². The molecule has 0 nitrogen and oxygen atoms in total. The third-order valence-corrected chi connectivity index (χ3v) is 1.59. The maximum atomic E-state index is 12.7. The van der Waals surface area contributed by atoms with Gasteiger partial charge in [-0.05, 0) is 12.1 Å². The fourth-order valence-corrected chi connectivity index (χ4v) is 0.959. The van der Waals surface area contributed by atoms with E-state index in [-0.39, 0.29) is 9.89 Å². The lowest BCUT2D eigenvalue weighted by atomic mass is 10.2. The highest BCUT2D eigenvalue weighted by Crippen LogP contribution is 2.13. The van der Waals surface area contributed by atoms with Crippen molar-refractivity contribution < 1.29 is 8.78 Å². The summed E-state index contributed by atoms with van der Waals surface area (Å²) in [7, 11) is 0. The lowest BCUT2D eigenvalue weighted by molar-refractivity contribution is 0.507. The highest BCUT2D eigenvalue weighted by Gasteiger charge is 2.09. The first-order valence-electron chi connectivity index (χ1n) is 2.77. The van der Waals surface area contributed by atoms with Crippen molar-refractivity contribution >= 4 is 28.1 Å². The molecule has 1 aromatic rings. The molecule has 0 aliphatic carbocycles. The average Bonchev–Trinajstić information content (AvgIpc) is 1.94. The Balaban J connectivity index is 3.27. The Hall–Kier alpha value is -0.540. The number of hydrogen-bond acceptors (Lipinski definition) is 1. The van der Waals surface area contributed by atoms with E-state index in [1.807, 2.05) is 0 Å². The van der Waals surface area contributed by atoms with Gasteiger partial charge in [0.15, 0.2) is 11.6 Å². The molecule has 0 unspecified atom stereocenters. The maximum absolute atomic E-state index is 12.7. The Bertz CT molecular complexity index is 298. The van der Waals surface area contributed by atoms with E-state index >= 15 is 0 Å². The Labute approximate surface area is 72.8 Å². The van der Waals surface area contributed by atoms with E-state index in [2.05, 4.69) is 12.2 Å². The van der Waals surface area contributed by atoms with Gasteiger partial charge < -0.3 is 0 Å². The predicted octanol–water partition coefficient (Wildman–Crippen LogP) is 2.88. The molecular weight excluding hydrogens is 190 g/mol. The third kappa shape index (κ3) is 1.73. The van der Waals surface area contributed by atoms with E-state index < -0.39 is 11.6 Å². The predicted molar refractivity (Wildman–Crippen MR) is 43.9 cm³/mol. The molecular formula is C7H3ClF2S. The van der Waals surface area contributed by atoms with Crippen molar-refractivity contribution in [3.8, 4) is 0 Å². The summed E-state index contributed by atoms with van der Waals surface area (Å²) in [5.41, 5.74) is -0.0679. The molecule has 0 spiro atoms. The quantitative estimate of drug-likeness (QED) is 0.487. The third-order valence-electron chi connectivity index (χ3n) is 1.16. The normalized spacial score (nSPS) is 9.73. The molecule has 0 aromatic heterocycles. The van der Waals surface area contributed by atoms with Gasteiger partial charge in [0, 0.05) is 5.56 Å². The first-order chi connectivity index (χ1) is 5.13. The highest BCUT2D eigenvalue weighted by molar-refractivity contribution is 7.83. The van der Waals surface area contributed by atoms with Gasteiger partial charge >= 0.3 is 0 Å². The van der Waals surface area contributed by atoms with E-state index in [1.54, 1.807) is 0 Å². The van der Waals surface area contributed by atoms with Crippen LogP contribution in [0.5, 0.6) is 0 Å². The minimum absolute atomic E-state index is 0.0679. The number of halogens is 3. The van der Waals surface area contributed by atoms with Crippen LogP contribution in [0.4, 0.5) is 8.78 Å². The molecule has 11 heavy (non-hydrogen) atoms. The van der Waals surface area contributed by atoms with Crippen molar-refractivity contribution in [2.45, 2.75) is 0 Å². The average molecular weight is 193 g/mol. The Kier molecular flexibility index (Phi) is 2.52. The Morgan fingerprint density at radius 3 is 2.45 bits per heavy atom. The van der Waals surface area contributed by atoms with Gasteiger partial charge in [0.2, 0.25) is 0 Å². The summed E-state index contributed by atoms with van der Waals surface area (Å²) < 4.78 is 25.0. The summed E-state index contributed by atoms with van der Waals surface area (Å²) in [4.78, 5) is 0. The van der Waals surface area contributed by atoms with Gasteiger partial charge in [0.25, 0.3) is 0 Å². The zero-order valence-corrected chi connectivity index (χ0v) is 6.85. The van der Waals surface area contributed by atoms with Crippen molar-refractivity contribution in [2.24, 2.45) is 0 Å². The summed E-state index contributed by atoms with van der Waals surface area (Å²) in [5.74, 6) is -1.93. The number of hydrogen-bond donors (Lipinski definition) is 0. The molecule has 0 saturated carbocycles. The largest absolute Gasteiger partial charge is 0.204 e. The molecule has 0 amide bonds. The zero-order chi connectivity index (χ0) is 8.43. The number of rotatable bonds is 1. The van der Waals surface area contributed by atoms with Crippen LogP contribution in [0.1, 0.15) is 5.56 Å². The zero-order valence-electron chi connectivity index (χ0n) is 5.27. The fraction of sp³-hybridized carbons (Fsp3) is 0. The van der Waals surface area contributed by atoms with Crippen LogP contribution in [-0.2, 0) is 0 Å². The van der Waals surface area contributed by atoms with E-state index in [0.717, 1.165) is 6.07 Å². The van der Waals surface area contributed by atoms with Gasteiger partial charge in [-0.3, -0.25) is 0 Å². The van der Waals surface area contributed by atoms with Crippen LogP contribution in [-0.4, -0.2) is 4.32 Å². The smallest absolute Gasteiger partial charge is 0.168 e. The van der Waals surface area contributed by atoms with Gasteiger partial charge in [0.05, 0.1) is 0 Å². The van der Waals surface area contributed by atoms with Gasteiger partial charge in [-0.15, -0.1) is 0 Å². The van der Waals surface area contributed by atoms with Gasteiger partial charge in [-0.1, -0.05) is 29.9 Å². The van der Waals surface area contributed by atoms with E-state index in [0.29, 0.717) is 0 Å². The lowest BCUT2D eigenvalue weighted by Crippen LogP contribution is -1.95. The van der Waals surface area contributed by atoms with Crippen LogP contribution < -0.4 is 0 Å². The van der Waals surface area contributed by atoms with Crippen LogP contribution in [0.3, 0.4) is 0 Å². The summed E-state index contributed by atoms with van der Waals surface area (Å²) in [6, 6.07) is 3.68. The van der Waals surface area contributed by atoms with Crippen molar-refractivity contribution in [3.63, 3.8) is 0 Å². The standard InChI is InChI=1S/C7H3ClF2S/c8-7(11)4-2-1-3-5(9)6(4)10/h1-3H. The first-order valence-corrected chi connectivity index (χ1v) is 3.55. The van der Waals surface area contributed by atoms with Crippen LogP contribution in [0.15, 0.2) is 18.2 Å². The molecule has 0 saturated heterocycles.